The number of aliphatic hydroxyl groups excluding tert-OH is 1. The smallest absolute Gasteiger partial charge is 0.326 e. The number of rotatable bonds is 6. The van der Waals surface area contributed by atoms with E-state index in [2.05, 4.69) is 15.5 Å². The molecule has 13 heteroatoms. The first-order chi connectivity index (χ1) is 14.2. The van der Waals surface area contributed by atoms with Gasteiger partial charge in [0.05, 0.1) is 10.0 Å². The summed E-state index contributed by atoms with van der Waals surface area (Å²) in [5.74, 6) is -1.69. The zero-order valence-corrected chi connectivity index (χ0v) is 16.8. The highest BCUT2D eigenvalue weighted by Gasteiger charge is 2.17. The van der Waals surface area contributed by atoms with E-state index in [1.54, 1.807) is 12.2 Å². The van der Waals surface area contributed by atoms with Crippen molar-refractivity contribution in [3.8, 4) is 17.7 Å². The second-order valence-electron chi connectivity index (χ2n) is 5.84. The molecular formula is C17H14Cl2N6O5. The highest BCUT2D eigenvalue weighted by molar-refractivity contribution is 6.46. The van der Waals surface area contributed by atoms with Crippen LogP contribution < -0.4 is 20.9 Å². The summed E-state index contributed by atoms with van der Waals surface area (Å²) < 4.78 is 5.53. The number of aromatic nitrogens is 2. The van der Waals surface area contributed by atoms with Crippen molar-refractivity contribution in [2.24, 2.45) is 0 Å². The van der Waals surface area contributed by atoms with Gasteiger partial charge >= 0.3 is 6.03 Å². The van der Waals surface area contributed by atoms with Gasteiger partial charge in [-0.05, 0) is 12.1 Å². The summed E-state index contributed by atoms with van der Waals surface area (Å²) in [5.41, 5.74) is -1.08. The third-order valence-electron chi connectivity index (χ3n) is 3.64. The molecule has 1 aromatic carbocycles. The number of nitrogens with zero attached hydrogens (tertiary/aromatic N) is 2. The highest BCUT2D eigenvalue weighted by Crippen LogP contribution is 2.38. The first kappa shape index (κ1) is 22.8. The van der Waals surface area contributed by atoms with E-state index in [1.165, 1.54) is 24.3 Å². The normalized spacial score (nSPS) is 11.2. The first-order valence-corrected chi connectivity index (χ1v) is 8.90. The van der Waals surface area contributed by atoms with E-state index >= 15 is 0 Å². The molecule has 1 atom stereocenters. The second-order valence-corrected chi connectivity index (χ2v) is 6.65. The van der Waals surface area contributed by atoms with Gasteiger partial charge in [-0.1, -0.05) is 30.1 Å². The fraction of sp³-hybridized carbons (Fsp3) is 0.176. The van der Waals surface area contributed by atoms with Crippen LogP contribution in [0.25, 0.3) is 0 Å². The average Bonchev–Trinajstić information content (AvgIpc) is 2.70. The summed E-state index contributed by atoms with van der Waals surface area (Å²) in [5, 5.41) is 34.7. The minimum atomic E-state index is -1.18. The molecule has 0 aliphatic rings. The monoisotopic (exact) mass is 452 g/mol. The zero-order valence-electron chi connectivity index (χ0n) is 15.2. The molecule has 0 saturated heterocycles. The molecule has 0 bridgehead atoms. The molecule has 156 valence electrons. The number of hydrogen-bond acceptors (Lipinski definition) is 8. The third kappa shape index (κ3) is 5.54. The van der Waals surface area contributed by atoms with Crippen LogP contribution in [0.15, 0.2) is 23.0 Å². The SMILES string of the molecule is CC(CO)c1cc(Oc2c(Cl)cc(NC(=O)NC(=O)C(=N)C#N)cc2Cl)n[nH]c1=O. The van der Waals surface area contributed by atoms with Crippen molar-refractivity contribution in [2.45, 2.75) is 12.8 Å². The lowest BCUT2D eigenvalue weighted by molar-refractivity contribution is -0.113. The Morgan fingerprint density at radius 3 is 2.57 bits per heavy atom. The Hall–Kier alpha value is -3.46. The average molecular weight is 453 g/mol. The Morgan fingerprint density at radius 1 is 1.37 bits per heavy atom. The molecule has 0 saturated carbocycles. The number of aromatic amines is 1. The number of imide groups is 1. The number of amides is 3. The van der Waals surface area contributed by atoms with E-state index in [0.29, 0.717) is 0 Å². The summed E-state index contributed by atoms with van der Waals surface area (Å²) in [6, 6.07) is 4.16. The Kier molecular flexibility index (Phi) is 7.48. The van der Waals surface area contributed by atoms with E-state index in [-0.39, 0.29) is 39.5 Å². The van der Waals surface area contributed by atoms with Crippen molar-refractivity contribution in [3.63, 3.8) is 0 Å². The van der Waals surface area contributed by atoms with Gasteiger partial charge in [-0.15, -0.1) is 5.10 Å². The van der Waals surface area contributed by atoms with Crippen molar-refractivity contribution in [1.82, 2.24) is 15.5 Å². The minimum Gasteiger partial charge on any atom is -0.434 e. The summed E-state index contributed by atoms with van der Waals surface area (Å²) in [7, 11) is 0. The van der Waals surface area contributed by atoms with Crippen LogP contribution in [0.4, 0.5) is 10.5 Å². The molecule has 2 rings (SSSR count). The summed E-state index contributed by atoms with van der Waals surface area (Å²) in [4.78, 5) is 34.9. The van der Waals surface area contributed by atoms with E-state index in [0.717, 1.165) is 0 Å². The van der Waals surface area contributed by atoms with E-state index in [1.807, 2.05) is 0 Å². The molecule has 1 aromatic heterocycles. The third-order valence-corrected chi connectivity index (χ3v) is 4.20. The van der Waals surface area contributed by atoms with Crippen LogP contribution in [0, 0.1) is 16.7 Å². The predicted octanol–water partition coefficient (Wildman–Crippen LogP) is 2.16. The van der Waals surface area contributed by atoms with Crippen LogP contribution in [0.1, 0.15) is 18.4 Å². The predicted molar refractivity (Wildman–Crippen MR) is 107 cm³/mol. The molecule has 0 fully saturated rings. The van der Waals surface area contributed by atoms with Crippen molar-refractivity contribution < 1.29 is 19.4 Å². The van der Waals surface area contributed by atoms with Gasteiger partial charge in [-0.25, -0.2) is 9.89 Å². The number of aliphatic hydroxyl groups is 1. The van der Waals surface area contributed by atoms with Crippen molar-refractivity contribution in [1.29, 1.82) is 10.7 Å². The van der Waals surface area contributed by atoms with Crippen LogP contribution in [0.5, 0.6) is 11.6 Å². The number of ether oxygens (including phenoxy) is 1. The largest absolute Gasteiger partial charge is 0.434 e. The molecule has 0 aliphatic heterocycles. The standard InChI is InChI=1S/C17H14Cl2N6O5/c1-7(6-26)9-4-13(24-25-15(9)27)30-14-10(18)2-8(3-11(14)19)22-17(29)23-16(28)12(21)5-20/h2-4,7,21,26H,6H2,1H3,(H,25,27)(H2,22,23,28,29). The fourth-order valence-corrected chi connectivity index (χ4v) is 2.70. The molecule has 11 nitrogen and oxygen atoms in total. The van der Waals surface area contributed by atoms with Gasteiger partial charge in [0.1, 0.15) is 6.07 Å². The number of nitriles is 1. The number of hydrogen-bond donors (Lipinski definition) is 5. The van der Waals surface area contributed by atoms with Gasteiger partial charge in [0.15, 0.2) is 11.5 Å². The molecule has 0 spiro atoms. The van der Waals surface area contributed by atoms with Crippen molar-refractivity contribution in [2.75, 3.05) is 11.9 Å². The molecule has 1 heterocycles. The number of benzene rings is 1. The van der Waals surface area contributed by atoms with Gasteiger partial charge in [-0.2, -0.15) is 5.26 Å². The number of urea groups is 1. The van der Waals surface area contributed by atoms with Crippen molar-refractivity contribution >= 4 is 46.5 Å². The molecule has 2 aromatic rings. The van der Waals surface area contributed by atoms with Crippen LogP contribution in [0.3, 0.4) is 0 Å². The Morgan fingerprint density at radius 2 is 2.00 bits per heavy atom. The molecule has 30 heavy (non-hydrogen) atoms. The van der Waals surface area contributed by atoms with Gasteiger partial charge in [0, 0.05) is 29.8 Å². The zero-order chi connectivity index (χ0) is 22.4. The number of nitrogens with one attached hydrogen (secondary N) is 4. The lowest BCUT2D eigenvalue weighted by atomic mass is 10.1. The highest BCUT2D eigenvalue weighted by atomic mass is 35.5. The van der Waals surface area contributed by atoms with Crippen molar-refractivity contribution in [3.05, 3.63) is 44.2 Å². The van der Waals surface area contributed by atoms with E-state index in [9.17, 15) is 19.5 Å². The Labute approximate surface area is 179 Å². The van der Waals surface area contributed by atoms with Gasteiger partial charge in [-0.3, -0.25) is 20.3 Å². The van der Waals surface area contributed by atoms with E-state index < -0.39 is 29.1 Å². The maximum Gasteiger partial charge on any atom is 0.326 e. The lowest BCUT2D eigenvalue weighted by Gasteiger charge is -2.13. The molecule has 0 aliphatic carbocycles. The number of anilines is 1. The Balaban J connectivity index is 2.20. The molecule has 0 radical (unpaired) electrons. The van der Waals surface area contributed by atoms with Gasteiger partial charge < -0.3 is 15.2 Å². The van der Waals surface area contributed by atoms with Crippen LogP contribution in [-0.4, -0.2) is 39.6 Å². The molecule has 3 amide bonds. The quantitative estimate of drug-likeness (QED) is 0.415. The summed E-state index contributed by atoms with van der Waals surface area (Å²) in [6.45, 7) is 1.38. The molecule has 1 unspecified atom stereocenters. The maximum absolute atomic E-state index is 11.8. The number of halogens is 2. The maximum atomic E-state index is 11.8. The van der Waals surface area contributed by atoms with Crippen LogP contribution in [0.2, 0.25) is 10.0 Å². The fourth-order valence-electron chi connectivity index (χ4n) is 2.13. The van der Waals surface area contributed by atoms with Crippen LogP contribution >= 0.6 is 23.2 Å². The topological polar surface area (TPSA) is 181 Å². The summed E-state index contributed by atoms with van der Waals surface area (Å²) in [6.07, 6.45) is 0. The minimum absolute atomic E-state index is 0.0197. The summed E-state index contributed by atoms with van der Waals surface area (Å²) >= 11 is 12.3. The Bertz CT molecular complexity index is 1090. The first-order valence-electron chi connectivity index (χ1n) is 8.14. The molecular weight excluding hydrogens is 439 g/mol. The number of carbonyl (C=O) groups excluding carboxylic acids is 2. The van der Waals surface area contributed by atoms with E-state index in [4.69, 9.17) is 38.6 Å². The lowest BCUT2D eigenvalue weighted by Crippen LogP contribution is -2.38. The second kappa shape index (κ2) is 9.84. The van der Waals surface area contributed by atoms with Crippen LogP contribution in [-0.2, 0) is 4.79 Å². The van der Waals surface area contributed by atoms with Gasteiger partial charge in [0.2, 0.25) is 5.88 Å². The van der Waals surface area contributed by atoms with Gasteiger partial charge in [0.25, 0.3) is 11.5 Å². The molecule has 5 N–H and O–H groups in total. The number of carbonyl (C=O) groups is 2. The number of H-pyrrole nitrogens is 1.